The summed E-state index contributed by atoms with van der Waals surface area (Å²) in [5.74, 6) is 0.848. The van der Waals surface area contributed by atoms with Gasteiger partial charge in [-0.05, 0) is 42.9 Å². The Bertz CT molecular complexity index is 330. The Balaban J connectivity index is 1.96. The van der Waals surface area contributed by atoms with Gasteiger partial charge in [-0.1, -0.05) is 0 Å². The summed E-state index contributed by atoms with van der Waals surface area (Å²) in [4.78, 5) is 13.2. The summed E-state index contributed by atoms with van der Waals surface area (Å²) >= 11 is 3.35. The molecule has 0 unspecified atom stereocenters. The summed E-state index contributed by atoms with van der Waals surface area (Å²) in [6, 6.07) is 0.701. The number of piperidine rings is 1. The first-order valence-electron chi connectivity index (χ1n) is 5.56. The van der Waals surface area contributed by atoms with Crippen molar-refractivity contribution in [2.45, 2.75) is 18.9 Å². The van der Waals surface area contributed by atoms with Gasteiger partial charge in [0.05, 0.1) is 4.47 Å². The molecule has 88 valence electrons. The van der Waals surface area contributed by atoms with Crippen LogP contribution < -0.4 is 4.90 Å². The lowest BCUT2D eigenvalue weighted by molar-refractivity contribution is 0.249. The Labute approximate surface area is 105 Å². The molecule has 5 heteroatoms. The second kappa shape index (κ2) is 5.10. The highest BCUT2D eigenvalue weighted by molar-refractivity contribution is 9.10. The van der Waals surface area contributed by atoms with Crippen LogP contribution in [0.3, 0.4) is 0 Å². The zero-order chi connectivity index (χ0) is 11.5. The van der Waals surface area contributed by atoms with E-state index in [1.165, 1.54) is 12.8 Å². The Morgan fingerprint density at radius 3 is 2.31 bits per heavy atom. The van der Waals surface area contributed by atoms with E-state index >= 15 is 0 Å². The van der Waals surface area contributed by atoms with Crippen molar-refractivity contribution >= 4 is 21.9 Å². The van der Waals surface area contributed by atoms with Gasteiger partial charge < -0.3 is 9.80 Å². The van der Waals surface area contributed by atoms with E-state index in [4.69, 9.17) is 0 Å². The molecule has 2 rings (SSSR count). The summed E-state index contributed by atoms with van der Waals surface area (Å²) in [5, 5.41) is 0. The molecule has 1 fully saturated rings. The number of halogens is 1. The molecule has 1 saturated heterocycles. The Morgan fingerprint density at radius 2 is 1.81 bits per heavy atom. The molecule has 0 bridgehead atoms. The Kier molecular flexibility index (Phi) is 3.76. The van der Waals surface area contributed by atoms with Crippen LogP contribution in [-0.4, -0.2) is 48.1 Å². The SMILES string of the molecule is CN(C)C1CCN(c2ncc(Br)cn2)CC1. The molecule has 4 nitrogen and oxygen atoms in total. The average molecular weight is 285 g/mol. The first-order chi connectivity index (χ1) is 7.66. The number of hydrogen-bond acceptors (Lipinski definition) is 4. The molecule has 0 amide bonds. The van der Waals surface area contributed by atoms with Gasteiger partial charge in [-0.25, -0.2) is 9.97 Å². The molecule has 0 radical (unpaired) electrons. The van der Waals surface area contributed by atoms with E-state index in [9.17, 15) is 0 Å². The summed E-state index contributed by atoms with van der Waals surface area (Å²) in [6.45, 7) is 2.09. The van der Waals surface area contributed by atoms with Crippen molar-refractivity contribution in [1.82, 2.24) is 14.9 Å². The van der Waals surface area contributed by atoms with Crippen molar-refractivity contribution in [2.75, 3.05) is 32.1 Å². The fourth-order valence-electron chi connectivity index (χ4n) is 2.05. The molecule has 16 heavy (non-hydrogen) atoms. The molecule has 1 aliphatic heterocycles. The fraction of sp³-hybridized carbons (Fsp3) is 0.636. The van der Waals surface area contributed by atoms with E-state index < -0.39 is 0 Å². The normalized spacial score (nSPS) is 18.1. The standard InChI is InChI=1S/C11H17BrN4/c1-15(2)10-3-5-16(6-4-10)11-13-7-9(12)8-14-11/h7-8,10H,3-6H2,1-2H3. The molecule has 1 aromatic rings. The summed E-state index contributed by atoms with van der Waals surface area (Å²) < 4.78 is 0.930. The lowest BCUT2D eigenvalue weighted by Gasteiger charge is -2.35. The van der Waals surface area contributed by atoms with E-state index in [0.29, 0.717) is 6.04 Å². The molecule has 0 spiro atoms. The summed E-state index contributed by atoms with van der Waals surface area (Å²) in [6.07, 6.45) is 5.99. The molecule has 1 aliphatic rings. The second-order valence-electron chi connectivity index (χ2n) is 4.38. The quantitative estimate of drug-likeness (QED) is 0.829. The maximum absolute atomic E-state index is 4.33. The van der Waals surface area contributed by atoms with Gasteiger partial charge in [-0.2, -0.15) is 0 Å². The minimum Gasteiger partial charge on any atom is -0.341 e. The summed E-state index contributed by atoms with van der Waals surface area (Å²) in [5.41, 5.74) is 0. The Hall–Kier alpha value is -0.680. The first kappa shape index (κ1) is 11.8. The van der Waals surface area contributed by atoms with Gasteiger partial charge in [-0.15, -0.1) is 0 Å². The van der Waals surface area contributed by atoms with E-state index in [2.05, 4.69) is 49.8 Å². The van der Waals surface area contributed by atoms with E-state index in [1.54, 1.807) is 12.4 Å². The van der Waals surface area contributed by atoms with E-state index in [-0.39, 0.29) is 0 Å². The van der Waals surface area contributed by atoms with Gasteiger partial charge in [0.1, 0.15) is 0 Å². The second-order valence-corrected chi connectivity index (χ2v) is 5.30. The minimum absolute atomic E-state index is 0.701. The van der Waals surface area contributed by atoms with Crippen molar-refractivity contribution in [3.05, 3.63) is 16.9 Å². The smallest absolute Gasteiger partial charge is 0.225 e. The van der Waals surface area contributed by atoms with Crippen molar-refractivity contribution in [2.24, 2.45) is 0 Å². The van der Waals surface area contributed by atoms with E-state index in [0.717, 1.165) is 23.5 Å². The average Bonchev–Trinajstić information content (AvgIpc) is 2.30. The highest BCUT2D eigenvalue weighted by Gasteiger charge is 2.21. The lowest BCUT2D eigenvalue weighted by Crippen LogP contribution is -2.42. The lowest BCUT2D eigenvalue weighted by atomic mass is 10.0. The number of nitrogens with zero attached hydrogens (tertiary/aromatic N) is 4. The third kappa shape index (κ3) is 2.71. The first-order valence-corrected chi connectivity index (χ1v) is 6.35. The molecular formula is C11H17BrN4. The Morgan fingerprint density at radius 1 is 1.25 bits per heavy atom. The van der Waals surface area contributed by atoms with Crippen LogP contribution >= 0.6 is 15.9 Å². The number of anilines is 1. The molecule has 0 saturated carbocycles. The summed E-state index contributed by atoms with van der Waals surface area (Å²) in [7, 11) is 4.30. The third-order valence-electron chi connectivity index (χ3n) is 3.08. The number of hydrogen-bond donors (Lipinski definition) is 0. The van der Waals surface area contributed by atoms with Crippen LogP contribution in [0.2, 0.25) is 0 Å². The van der Waals surface area contributed by atoms with Crippen LogP contribution in [0.25, 0.3) is 0 Å². The predicted molar refractivity (Wildman–Crippen MR) is 68.7 cm³/mol. The van der Waals surface area contributed by atoms with Gasteiger partial charge in [0, 0.05) is 31.5 Å². The van der Waals surface area contributed by atoms with Gasteiger partial charge in [0.15, 0.2) is 0 Å². The van der Waals surface area contributed by atoms with E-state index in [1.807, 2.05) is 0 Å². The van der Waals surface area contributed by atoms with Gasteiger partial charge in [0.25, 0.3) is 0 Å². The third-order valence-corrected chi connectivity index (χ3v) is 3.49. The molecule has 0 aliphatic carbocycles. The zero-order valence-electron chi connectivity index (χ0n) is 9.73. The van der Waals surface area contributed by atoms with Crippen molar-refractivity contribution in [3.8, 4) is 0 Å². The van der Waals surface area contributed by atoms with Crippen LogP contribution in [0.15, 0.2) is 16.9 Å². The van der Waals surface area contributed by atoms with Crippen molar-refractivity contribution in [1.29, 1.82) is 0 Å². The molecule has 0 atom stereocenters. The fourth-order valence-corrected chi connectivity index (χ4v) is 2.26. The predicted octanol–water partition coefficient (Wildman–Crippen LogP) is 1.77. The molecule has 0 aromatic carbocycles. The number of rotatable bonds is 2. The maximum Gasteiger partial charge on any atom is 0.225 e. The zero-order valence-corrected chi connectivity index (χ0v) is 11.3. The van der Waals surface area contributed by atoms with Crippen LogP contribution in [0, 0.1) is 0 Å². The van der Waals surface area contributed by atoms with Gasteiger partial charge in [-0.3, -0.25) is 0 Å². The molecule has 2 heterocycles. The maximum atomic E-state index is 4.33. The monoisotopic (exact) mass is 284 g/mol. The number of aromatic nitrogens is 2. The molecular weight excluding hydrogens is 268 g/mol. The van der Waals surface area contributed by atoms with Crippen molar-refractivity contribution in [3.63, 3.8) is 0 Å². The van der Waals surface area contributed by atoms with Crippen LogP contribution in [0.4, 0.5) is 5.95 Å². The van der Waals surface area contributed by atoms with Crippen molar-refractivity contribution < 1.29 is 0 Å². The highest BCUT2D eigenvalue weighted by atomic mass is 79.9. The van der Waals surface area contributed by atoms with Gasteiger partial charge >= 0.3 is 0 Å². The van der Waals surface area contributed by atoms with Gasteiger partial charge in [0.2, 0.25) is 5.95 Å². The topological polar surface area (TPSA) is 32.3 Å². The highest BCUT2D eigenvalue weighted by Crippen LogP contribution is 2.18. The van der Waals surface area contributed by atoms with Crippen LogP contribution in [0.1, 0.15) is 12.8 Å². The largest absolute Gasteiger partial charge is 0.341 e. The van der Waals surface area contributed by atoms with Crippen LogP contribution in [0.5, 0.6) is 0 Å². The van der Waals surface area contributed by atoms with Crippen LogP contribution in [-0.2, 0) is 0 Å². The molecule has 0 N–H and O–H groups in total. The molecule has 1 aromatic heterocycles. The minimum atomic E-state index is 0.701.